The average Bonchev–Trinajstić information content (AvgIpc) is 3.08. The van der Waals surface area contributed by atoms with E-state index in [9.17, 15) is 5.11 Å². The van der Waals surface area contributed by atoms with Gasteiger partial charge in [0, 0.05) is 26.1 Å². The summed E-state index contributed by atoms with van der Waals surface area (Å²) in [5.41, 5.74) is 1.03. The number of aryl methyl sites for hydroxylation is 1. The molecule has 0 spiro atoms. The summed E-state index contributed by atoms with van der Waals surface area (Å²) in [5.74, 6) is 2.19. The Morgan fingerprint density at radius 2 is 2.15 bits per heavy atom. The van der Waals surface area contributed by atoms with Crippen molar-refractivity contribution in [3.8, 4) is 17.2 Å². The van der Waals surface area contributed by atoms with Crippen LogP contribution in [0, 0.1) is 12.8 Å². The molecule has 0 saturated carbocycles. The summed E-state index contributed by atoms with van der Waals surface area (Å²) in [6.45, 7) is 6.97. The predicted molar refractivity (Wildman–Crippen MR) is 105 cm³/mol. The van der Waals surface area contributed by atoms with E-state index < -0.39 is 5.60 Å². The van der Waals surface area contributed by atoms with Gasteiger partial charge in [-0.1, -0.05) is 17.3 Å². The van der Waals surface area contributed by atoms with Gasteiger partial charge < -0.3 is 19.3 Å². The van der Waals surface area contributed by atoms with Crippen LogP contribution in [0.1, 0.15) is 31.2 Å². The number of nitrogens with zero attached hydrogens (tertiary/aromatic N) is 3. The molecule has 7 heteroatoms. The minimum Gasteiger partial charge on any atom is -0.490 e. The SMILES string of the molecule is C/C=C/c1cc(-c2nc(C)no2)ccc1OCC1(O)CN2CCC1CC2.[B]. The molecule has 3 saturated heterocycles. The largest absolute Gasteiger partial charge is 0.490 e. The summed E-state index contributed by atoms with van der Waals surface area (Å²) in [7, 11) is 0. The number of ether oxygens (including phenoxy) is 1. The lowest BCUT2D eigenvalue weighted by Crippen LogP contribution is -2.61. The molecular formula is C20H25BN3O3. The molecule has 5 rings (SSSR count). The molecule has 3 aliphatic heterocycles. The molecule has 6 nitrogen and oxygen atoms in total. The van der Waals surface area contributed by atoms with Crippen LogP contribution in [0.15, 0.2) is 28.8 Å². The number of rotatable bonds is 5. The van der Waals surface area contributed by atoms with Crippen molar-refractivity contribution in [3.05, 3.63) is 35.7 Å². The molecule has 141 valence electrons. The maximum absolute atomic E-state index is 11.1. The number of fused-ring (bicyclic) bond motifs is 3. The molecule has 1 aromatic carbocycles. The first-order chi connectivity index (χ1) is 12.6. The monoisotopic (exact) mass is 366 g/mol. The molecule has 1 N–H and O–H groups in total. The molecular weight excluding hydrogens is 341 g/mol. The first-order valence-electron chi connectivity index (χ1n) is 9.22. The number of allylic oxidation sites excluding steroid dienone is 1. The summed E-state index contributed by atoms with van der Waals surface area (Å²) in [4.78, 5) is 6.61. The Morgan fingerprint density at radius 1 is 1.37 bits per heavy atom. The van der Waals surface area contributed by atoms with E-state index in [-0.39, 0.29) is 8.41 Å². The van der Waals surface area contributed by atoms with E-state index in [1.54, 1.807) is 6.92 Å². The van der Waals surface area contributed by atoms with Crippen LogP contribution in [0.3, 0.4) is 0 Å². The van der Waals surface area contributed by atoms with Gasteiger partial charge in [0.2, 0.25) is 0 Å². The fourth-order valence-electron chi connectivity index (χ4n) is 4.05. The molecule has 2 bridgehead atoms. The van der Waals surface area contributed by atoms with Gasteiger partial charge >= 0.3 is 0 Å². The number of piperidine rings is 3. The molecule has 1 unspecified atom stereocenters. The van der Waals surface area contributed by atoms with E-state index in [4.69, 9.17) is 9.26 Å². The van der Waals surface area contributed by atoms with Crippen LogP contribution in [0.2, 0.25) is 0 Å². The zero-order valence-corrected chi connectivity index (χ0v) is 15.9. The molecule has 3 radical (unpaired) electrons. The minimum atomic E-state index is -0.758. The molecule has 2 aromatic rings. The van der Waals surface area contributed by atoms with Crippen molar-refractivity contribution in [2.24, 2.45) is 5.92 Å². The summed E-state index contributed by atoms with van der Waals surface area (Å²) in [5, 5.41) is 14.9. The second-order valence-corrected chi connectivity index (χ2v) is 7.34. The van der Waals surface area contributed by atoms with Crippen LogP contribution in [0.25, 0.3) is 17.5 Å². The van der Waals surface area contributed by atoms with Crippen LogP contribution >= 0.6 is 0 Å². The topological polar surface area (TPSA) is 71.6 Å². The lowest BCUT2D eigenvalue weighted by molar-refractivity contribution is -0.131. The summed E-state index contributed by atoms with van der Waals surface area (Å²) >= 11 is 0. The highest BCUT2D eigenvalue weighted by Gasteiger charge is 2.46. The van der Waals surface area contributed by atoms with E-state index in [0.29, 0.717) is 30.8 Å². The van der Waals surface area contributed by atoms with E-state index in [2.05, 4.69) is 15.0 Å². The molecule has 3 aliphatic rings. The normalized spacial score (nSPS) is 26.9. The van der Waals surface area contributed by atoms with Crippen LogP contribution in [-0.2, 0) is 0 Å². The Kier molecular flexibility index (Phi) is 5.72. The number of aliphatic hydroxyl groups is 1. The fourth-order valence-corrected chi connectivity index (χ4v) is 4.05. The highest BCUT2D eigenvalue weighted by Crippen LogP contribution is 2.36. The van der Waals surface area contributed by atoms with Crippen LogP contribution < -0.4 is 4.74 Å². The molecule has 0 aliphatic carbocycles. The van der Waals surface area contributed by atoms with Gasteiger partial charge in [0.25, 0.3) is 5.89 Å². The summed E-state index contributed by atoms with van der Waals surface area (Å²) in [6, 6.07) is 5.80. The lowest BCUT2D eigenvalue weighted by Gasteiger charge is -2.50. The number of aromatic nitrogens is 2. The number of benzene rings is 1. The van der Waals surface area contributed by atoms with Gasteiger partial charge in [-0.25, -0.2) is 0 Å². The third-order valence-corrected chi connectivity index (χ3v) is 5.45. The summed E-state index contributed by atoms with van der Waals surface area (Å²) < 4.78 is 11.3. The van der Waals surface area contributed by atoms with Crippen molar-refractivity contribution in [2.75, 3.05) is 26.2 Å². The molecule has 1 atom stereocenters. The van der Waals surface area contributed by atoms with Gasteiger partial charge in [0.1, 0.15) is 18.0 Å². The minimum absolute atomic E-state index is 0. The second-order valence-electron chi connectivity index (χ2n) is 7.34. The van der Waals surface area contributed by atoms with Crippen LogP contribution in [0.5, 0.6) is 5.75 Å². The number of hydrogen-bond donors (Lipinski definition) is 1. The van der Waals surface area contributed by atoms with Gasteiger partial charge in [-0.15, -0.1) is 0 Å². The van der Waals surface area contributed by atoms with Crippen molar-refractivity contribution >= 4 is 14.5 Å². The van der Waals surface area contributed by atoms with E-state index in [1.807, 2.05) is 37.3 Å². The summed E-state index contributed by atoms with van der Waals surface area (Å²) in [6.07, 6.45) is 6.06. The molecule has 0 amide bonds. The third kappa shape index (κ3) is 3.94. The van der Waals surface area contributed by atoms with Gasteiger partial charge in [-0.3, -0.25) is 0 Å². The predicted octanol–water partition coefficient (Wildman–Crippen LogP) is 2.53. The average molecular weight is 366 g/mol. The standard InChI is InChI=1S/C20H25N3O3.B/c1-3-4-15-11-16(19-21-14(2)22-26-19)5-6-18(15)25-13-20(24)12-23-9-7-17(20)8-10-23;/h3-6,11,17,24H,7-10,12-13H2,1-2H3;/b4-3+;. The second kappa shape index (κ2) is 7.86. The maximum Gasteiger partial charge on any atom is 0.257 e. The van der Waals surface area contributed by atoms with Gasteiger partial charge in [-0.05, 0) is 63.9 Å². The zero-order chi connectivity index (χ0) is 18.1. The van der Waals surface area contributed by atoms with Crippen LogP contribution in [0.4, 0.5) is 0 Å². The molecule has 1 aromatic heterocycles. The fraction of sp³-hybridized carbons (Fsp3) is 0.500. The Hall–Kier alpha value is -2.12. The van der Waals surface area contributed by atoms with Gasteiger partial charge in [0.15, 0.2) is 5.82 Å². The first-order valence-corrected chi connectivity index (χ1v) is 9.22. The van der Waals surface area contributed by atoms with Crippen LogP contribution in [-0.4, -0.2) is 60.4 Å². The molecule has 3 fully saturated rings. The lowest BCUT2D eigenvalue weighted by atomic mass is 9.76. The van der Waals surface area contributed by atoms with Crippen molar-refractivity contribution < 1.29 is 14.4 Å². The van der Waals surface area contributed by atoms with Crippen molar-refractivity contribution in [1.29, 1.82) is 0 Å². The highest BCUT2D eigenvalue weighted by molar-refractivity contribution is 5.75. The third-order valence-electron chi connectivity index (χ3n) is 5.45. The van der Waals surface area contributed by atoms with E-state index in [0.717, 1.165) is 42.8 Å². The Morgan fingerprint density at radius 3 is 2.74 bits per heavy atom. The smallest absolute Gasteiger partial charge is 0.257 e. The van der Waals surface area contributed by atoms with Crippen molar-refractivity contribution in [3.63, 3.8) is 0 Å². The quantitative estimate of drug-likeness (QED) is 0.820. The van der Waals surface area contributed by atoms with Crippen molar-refractivity contribution in [2.45, 2.75) is 32.3 Å². The number of hydrogen-bond acceptors (Lipinski definition) is 6. The van der Waals surface area contributed by atoms with Gasteiger partial charge in [0.05, 0.1) is 0 Å². The highest BCUT2D eigenvalue weighted by atomic mass is 16.5. The van der Waals surface area contributed by atoms with E-state index in [1.165, 1.54) is 0 Å². The first kappa shape index (κ1) is 19.6. The molecule has 27 heavy (non-hydrogen) atoms. The van der Waals surface area contributed by atoms with Crippen molar-refractivity contribution in [1.82, 2.24) is 15.0 Å². The molecule has 4 heterocycles. The Balaban J connectivity index is 0.00000210. The van der Waals surface area contributed by atoms with E-state index >= 15 is 0 Å². The van der Waals surface area contributed by atoms with Gasteiger partial charge in [-0.2, -0.15) is 4.98 Å². The Labute approximate surface area is 161 Å². The zero-order valence-electron chi connectivity index (χ0n) is 15.9. The maximum atomic E-state index is 11.1. The Bertz CT molecular complexity index is 815.